The first-order valence-corrected chi connectivity index (χ1v) is 5.81. The van der Waals surface area contributed by atoms with Gasteiger partial charge in [-0.25, -0.2) is 14.4 Å². The van der Waals surface area contributed by atoms with Gasteiger partial charge in [-0.15, -0.1) is 0 Å². The van der Waals surface area contributed by atoms with E-state index in [0.29, 0.717) is 12.2 Å². The van der Waals surface area contributed by atoms with Gasteiger partial charge in [0.05, 0.1) is 6.10 Å². The zero-order valence-corrected chi connectivity index (χ0v) is 10.4. The first kappa shape index (κ1) is 12.6. The van der Waals surface area contributed by atoms with Gasteiger partial charge in [0.1, 0.15) is 11.6 Å². The molecule has 0 radical (unpaired) electrons. The standard InChI is InChI=1S/C14H15FN2O/c1-9-13(10(2)18)8-16-14(17-9)7-11-4-3-5-12(15)6-11/h3-6,8,10,18H,7H2,1-2H3. The lowest BCUT2D eigenvalue weighted by molar-refractivity contribution is 0.197. The fourth-order valence-corrected chi connectivity index (χ4v) is 1.85. The van der Waals surface area contributed by atoms with Crippen molar-refractivity contribution in [2.24, 2.45) is 0 Å². The van der Waals surface area contributed by atoms with Crippen LogP contribution in [0.25, 0.3) is 0 Å². The first-order valence-electron chi connectivity index (χ1n) is 5.81. The van der Waals surface area contributed by atoms with Crippen LogP contribution in [0.15, 0.2) is 30.5 Å². The number of aromatic nitrogens is 2. The molecule has 2 aromatic rings. The summed E-state index contributed by atoms with van der Waals surface area (Å²) in [6.07, 6.45) is 1.54. The molecule has 2 rings (SSSR count). The first-order chi connectivity index (χ1) is 8.56. The summed E-state index contributed by atoms with van der Waals surface area (Å²) >= 11 is 0. The van der Waals surface area contributed by atoms with Crippen molar-refractivity contribution < 1.29 is 9.50 Å². The number of aliphatic hydroxyl groups is 1. The Morgan fingerprint density at radius 1 is 1.39 bits per heavy atom. The smallest absolute Gasteiger partial charge is 0.132 e. The zero-order valence-electron chi connectivity index (χ0n) is 10.4. The molecule has 18 heavy (non-hydrogen) atoms. The van der Waals surface area contributed by atoms with Crippen LogP contribution in [0, 0.1) is 12.7 Å². The molecular weight excluding hydrogens is 231 g/mol. The van der Waals surface area contributed by atoms with Crippen LogP contribution in [0.1, 0.15) is 35.7 Å². The second kappa shape index (κ2) is 5.23. The molecule has 0 spiro atoms. The molecule has 0 aliphatic carbocycles. The summed E-state index contributed by atoms with van der Waals surface area (Å²) in [4.78, 5) is 8.52. The Balaban J connectivity index is 2.23. The maximum absolute atomic E-state index is 13.0. The second-order valence-corrected chi connectivity index (χ2v) is 4.31. The highest BCUT2D eigenvalue weighted by atomic mass is 19.1. The maximum atomic E-state index is 13.0. The summed E-state index contributed by atoms with van der Waals surface area (Å²) in [6.45, 7) is 3.51. The number of benzene rings is 1. The van der Waals surface area contributed by atoms with Crippen LogP contribution in [-0.2, 0) is 6.42 Å². The number of hydrogen-bond acceptors (Lipinski definition) is 3. The highest BCUT2D eigenvalue weighted by molar-refractivity contribution is 5.23. The van der Waals surface area contributed by atoms with E-state index in [4.69, 9.17) is 0 Å². The number of rotatable bonds is 3. The molecule has 0 fully saturated rings. The Morgan fingerprint density at radius 2 is 2.17 bits per heavy atom. The zero-order chi connectivity index (χ0) is 13.1. The summed E-state index contributed by atoms with van der Waals surface area (Å²) in [5.74, 6) is 0.368. The Bertz CT molecular complexity index is 555. The average Bonchev–Trinajstić information content (AvgIpc) is 2.28. The predicted octanol–water partition coefficient (Wildman–Crippen LogP) is 2.57. The molecule has 0 amide bonds. The third kappa shape index (κ3) is 2.90. The van der Waals surface area contributed by atoms with E-state index in [-0.39, 0.29) is 5.82 Å². The number of nitrogens with zero attached hydrogens (tertiary/aromatic N) is 2. The molecule has 4 heteroatoms. The average molecular weight is 246 g/mol. The van der Waals surface area contributed by atoms with Crippen molar-refractivity contribution in [1.82, 2.24) is 9.97 Å². The Morgan fingerprint density at radius 3 is 2.78 bits per heavy atom. The molecule has 1 aromatic carbocycles. The molecule has 0 aliphatic heterocycles. The van der Waals surface area contributed by atoms with E-state index in [1.807, 2.05) is 13.0 Å². The fourth-order valence-electron chi connectivity index (χ4n) is 1.85. The molecule has 0 bridgehead atoms. The summed E-state index contributed by atoms with van der Waals surface area (Å²) < 4.78 is 13.0. The molecule has 1 atom stereocenters. The van der Waals surface area contributed by atoms with Gasteiger partial charge in [0, 0.05) is 23.9 Å². The lowest BCUT2D eigenvalue weighted by Gasteiger charge is -2.09. The van der Waals surface area contributed by atoms with Crippen LogP contribution in [0.3, 0.4) is 0 Å². The quantitative estimate of drug-likeness (QED) is 0.905. The van der Waals surface area contributed by atoms with Crippen molar-refractivity contribution in [2.45, 2.75) is 26.4 Å². The van der Waals surface area contributed by atoms with E-state index in [1.54, 1.807) is 19.2 Å². The summed E-state index contributed by atoms with van der Waals surface area (Å²) in [6, 6.07) is 6.39. The summed E-state index contributed by atoms with van der Waals surface area (Å²) in [7, 11) is 0. The van der Waals surface area contributed by atoms with Gasteiger partial charge < -0.3 is 5.11 Å². The topological polar surface area (TPSA) is 46.0 Å². The molecule has 1 heterocycles. The third-order valence-corrected chi connectivity index (χ3v) is 2.77. The molecular formula is C14H15FN2O. The van der Waals surface area contributed by atoms with E-state index in [0.717, 1.165) is 16.8 Å². The van der Waals surface area contributed by atoms with Crippen molar-refractivity contribution >= 4 is 0 Å². The minimum atomic E-state index is -0.576. The highest BCUT2D eigenvalue weighted by Gasteiger charge is 2.08. The molecule has 94 valence electrons. The minimum absolute atomic E-state index is 0.259. The van der Waals surface area contributed by atoms with E-state index < -0.39 is 6.10 Å². The van der Waals surface area contributed by atoms with Crippen molar-refractivity contribution in [3.63, 3.8) is 0 Å². The van der Waals surface area contributed by atoms with Gasteiger partial charge >= 0.3 is 0 Å². The normalized spacial score (nSPS) is 12.4. The van der Waals surface area contributed by atoms with Crippen LogP contribution in [0.4, 0.5) is 4.39 Å². The van der Waals surface area contributed by atoms with Gasteiger partial charge in [0.2, 0.25) is 0 Å². The fraction of sp³-hybridized carbons (Fsp3) is 0.286. The number of hydrogen-bond donors (Lipinski definition) is 1. The molecule has 1 unspecified atom stereocenters. The van der Waals surface area contributed by atoms with Crippen LogP contribution in [0.2, 0.25) is 0 Å². The molecule has 0 saturated heterocycles. The number of aryl methyl sites for hydroxylation is 1. The predicted molar refractivity (Wildman–Crippen MR) is 66.6 cm³/mol. The number of halogens is 1. The Kier molecular flexibility index (Phi) is 3.67. The Labute approximate surface area is 105 Å². The monoisotopic (exact) mass is 246 g/mol. The SMILES string of the molecule is Cc1nc(Cc2cccc(F)c2)ncc1C(C)O. The second-order valence-electron chi connectivity index (χ2n) is 4.31. The van der Waals surface area contributed by atoms with Gasteiger partial charge in [-0.05, 0) is 31.5 Å². The van der Waals surface area contributed by atoms with Crippen molar-refractivity contribution in [2.75, 3.05) is 0 Å². The summed E-state index contributed by atoms with van der Waals surface area (Å²) in [5.41, 5.74) is 2.31. The molecule has 1 N–H and O–H groups in total. The van der Waals surface area contributed by atoms with Gasteiger partial charge in [-0.3, -0.25) is 0 Å². The van der Waals surface area contributed by atoms with Crippen molar-refractivity contribution in [1.29, 1.82) is 0 Å². The number of aliphatic hydroxyl groups excluding tert-OH is 1. The molecule has 3 nitrogen and oxygen atoms in total. The van der Waals surface area contributed by atoms with E-state index in [2.05, 4.69) is 9.97 Å². The van der Waals surface area contributed by atoms with E-state index in [1.165, 1.54) is 12.1 Å². The lowest BCUT2D eigenvalue weighted by atomic mass is 10.1. The largest absolute Gasteiger partial charge is 0.389 e. The van der Waals surface area contributed by atoms with Crippen LogP contribution >= 0.6 is 0 Å². The van der Waals surface area contributed by atoms with Gasteiger partial charge in [0.15, 0.2) is 0 Å². The van der Waals surface area contributed by atoms with Gasteiger partial charge in [0.25, 0.3) is 0 Å². The summed E-state index contributed by atoms with van der Waals surface area (Å²) in [5, 5.41) is 9.49. The van der Waals surface area contributed by atoms with Gasteiger partial charge in [-0.1, -0.05) is 12.1 Å². The minimum Gasteiger partial charge on any atom is -0.389 e. The van der Waals surface area contributed by atoms with Crippen molar-refractivity contribution in [3.05, 3.63) is 58.9 Å². The Hall–Kier alpha value is -1.81. The van der Waals surface area contributed by atoms with Crippen LogP contribution in [0.5, 0.6) is 0 Å². The van der Waals surface area contributed by atoms with Crippen LogP contribution < -0.4 is 0 Å². The highest BCUT2D eigenvalue weighted by Crippen LogP contribution is 2.15. The van der Waals surface area contributed by atoms with Gasteiger partial charge in [-0.2, -0.15) is 0 Å². The van der Waals surface area contributed by atoms with E-state index >= 15 is 0 Å². The van der Waals surface area contributed by atoms with Crippen LogP contribution in [-0.4, -0.2) is 15.1 Å². The van der Waals surface area contributed by atoms with E-state index in [9.17, 15) is 9.50 Å². The molecule has 0 saturated carbocycles. The molecule has 1 aromatic heterocycles. The third-order valence-electron chi connectivity index (χ3n) is 2.77. The van der Waals surface area contributed by atoms with Crippen molar-refractivity contribution in [3.8, 4) is 0 Å². The molecule has 0 aliphatic rings. The lowest BCUT2D eigenvalue weighted by Crippen LogP contribution is -2.04. The maximum Gasteiger partial charge on any atom is 0.132 e.